The number of rotatable bonds is 16. The second kappa shape index (κ2) is 17.9. The number of nitrogens with zero attached hydrogens (tertiary/aromatic N) is 1. The van der Waals surface area contributed by atoms with Gasteiger partial charge >= 0.3 is 6.03 Å². The van der Waals surface area contributed by atoms with Gasteiger partial charge in [-0.25, -0.2) is 4.79 Å². The second-order valence-electron chi connectivity index (χ2n) is 14.6. The van der Waals surface area contributed by atoms with Crippen molar-refractivity contribution in [1.82, 2.24) is 20.9 Å². The molecular formula is C37H57N5O7. The largest absolute Gasteiger partial charge is 0.366 e. The molecule has 2 unspecified atom stereocenters. The molecule has 4 rings (SSSR count). The summed E-state index contributed by atoms with van der Waals surface area (Å²) in [4.78, 5) is 68.3. The Hall–Kier alpha value is -3.51. The molecule has 3 aliphatic rings. The average molecular weight is 684 g/mol. The number of benzene rings is 1. The number of nitrogens with one attached hydrogen (secondary N) is 3. The van der Waals surface area contributed by atoms with E-state index in [1.165, 1.54) is 0 Å². The minimum Gasteiger partial charge on any atom is -0.366 e. The Balaban J connectivity index is 1.50. The van der Waals surface area contributed by atoms with E-state index < -0.39 is 60.2 Å². The predicted molar refractivity (Wildman–Crippen MR) is 185 cm³/mol. The Bertz CT molecular complexity index is 1280. The van der Waals surface area contributed by atoms with Crippen LogP contribution in [0.3, 0.4) is 0 Å². The number of urea groups is 1. The van der Waals surface area contributed by atoms with Crippen LogP contribution in [-0.2, 0) is 23.9 Å². The van der Waals surface area contributed by atoms with Crippen LogP contribution in [0.25, 0.3) is 0 Å². The molecule has 1 aliphatic heterocycles. The number of nitrogens with two attached hydrogens (primary N) is 1. The number of ketones is 1. The van der Waals surface area contributed by atoms with Crippen molar-refractivity contribution in [1.29, 1.82) is 0 Å². The monoisotopic (exact) mass is 683 g/mol. The van der Waals surface area contributed by atoms with Crippen molar-refractivity contribution in [2.45, 2.75) is 135 Å². The Morgan fingerprint density at radius 2 is 1.59 bits per heavy atom. The summed E-state index contributed by atoms with van der Waals surface area (Å²) in [5.41, 5.74) is 6.25. The van der Waals surface area contributed by atoms with E-state index in [0.29, 0.717) is 25.8 Å². The van der Waals surface area contributed by atoms with E-state index >= 15 is 0 Å². The molecule has 1 aromatic carbocycles. The SMILES string of the molecule is CC[C@H](NC(=O)N[C@H](C(=O)N1CC[C@H](C(C)C)[C@H]1C(=O)NC(CC1CCC1)C(=O)C(N)=O)C1CCCCC1)C(O)O[C@@H](C)c1ccccc1. The normalized spacial score (nSPS) is 23.1. The molecule has 2 aliphatic carbocycles. The molecule has 0 radical (unpaired) electrons. The molecule has 6 N–H and O–H groups in total. The number of likely N-dealkylation sites (tertiary alicyclic amines) is 1. The van der Waals surface area contributed by atoms with Gasteiger partial charge in [-0.3, -0.25) is 19.2 Å². The van der Waals surface area contributed by atoms with E-state index in [4.69, 9.17) is 10.5 Å². The van der Waals surface area contributed by atoms with Crippen molar-refractivity contribution in [3.8, 4) is 0 Å². The summed E-state index contributed by atoms with van der Waals surface area (Å²) in [6.45, 7) is 7.98. The molecule has 1 aromatic rings. The van der Waals surface area contributed by atoms with Gasteiger partial charge in [-0.15, -0.1) is 0 Å². The number of aliphatic hydroxyl groups is 1. The van der Waals surface area contributed by atoms with Gasteiger partial charge in [-0.05, 0) is 68.3 Å². The zero-order valence-electron chi connectivity index (χ0n) is 29.6. The van der Waals surface area contributed by atoms with Gasteiger partial charge in [0.1, 0.15) is 12.1 Å². The number of aliphatic hydroxyl groups excluding tert-OH is 1. The first-order chi connectivity index (χ1) is 23.4. The van der Waals surface area contributed by atoms with Crippen LogP contribution >= 0.6 is 0 Å². The molecule has 2 saturated carbocycles. The predicted octanol–water partition coefficient (Wildman–Crippen LogP) is 3.71. The molecule has 5 amide bonds. The molecule has 12 heteroatoms. The third kappa shape index (κ3) is 10.0. The fraction of sp³-hybridized carbons (Fsp3) is 0.703. The highest BCUT2D eigenvalue weighted by Crippen LogP contribution is 2.35. The highest BCUT2D eigenvalue weighted by atomic mass is 16.6. The van der Waals surface area contributed by atoms with E-state index in [1.807, 2.05) is 58.0 Å². The van der Waals surface area contributed by atoms with Crippen LogP contribution in [0.1, 0.15) is 110 Å². The van der Waals surface area contributed by atoms with E-state index in [1.54, 1.807) is 4.90 Å². The van der Waals surface area contributed by atoms with Gasteiger partial charge in [0.15, 0.2) is 6.29 Å². The van der Waals surface area contributed by atoms with Crippen LogP contribution < -0.4 is 21.7 Å². The van der Waals surface area contributed by atoms with Crippen molar-refractivity contribution in [3.05, 3.63) is 35.9 Å². The minimum absolute atomic E-state index is 0.0555. The molecule has 7 atom stereocenters. The van der Waals surface area contributed by atoms with Crippen LogP contribution in [0.4, 0.5) is 4.79 Å². The van der Waals surface area contributed by atoms with Crippen molar-refractivity contribution in [3.63, 3.8) is 0 Å². The van der Waals surface area contributed by atoms with Crippen molar-refractivity contribution >= 4 is 29.5 Å². The van der Waals surface area contributed by atoms with Crippen molar-refractivity contribution < 1.29 is 33.8 Å². The molecule has 0 bridgehead atoms. The number of amides is 5. The lowest BCUT2D eigenvalue weighted by molar-refractivity contribution is -0.148. The minimum atomic E-state index is -1.29. The van der Waals surface area contributed by atoms with Crippen LogP contribution in [-0.4, -0.2) is 76.5 Å². The molecule has 12 nitrogen and oxygen atoms in total. The Kier molecular flexibility index (Phi) is 14.0. The molecule has 49 heavy (non-hydrogen) atoms. The number of hydrogen-bond donors (Lipinski definition) is 5. The number of Topliss-reactive ketones (excluding diaryl/α,β-unsaturated/α-hetero) is 1. The Morgan fingerprint density at radius 1 is 0.918 bits per heavy atom. The maximum atomic E-state index is 14.5. The number of carbonyl (C=O) groups is 5. The average Bonchev–Trinajstić information content (AvgIpc) is 3.53. The van der Waals surface area contributed by atoms with Gasteiger partial charge in [0.2, 0.25) is 17.6 Å². The van der Waals surface area contributed by atoms with Crippen LogP contribution in [0.15, 0.2) is 30.3 Å². The fourth-order valence-corrected chi connectivity index (χ4v) is 7.68. The van der Waals surface area contributed by atoms with Crippen LogP contribution in [0.5, 0.6) is 0 Å². The lowest BCUT2D eigenvalue weighted by Gasteiger charge is -2.37. The molecule has 0 spiro atoms. The third-order valence-corrected chi connectivity index (χ3v) is 10.9. The summed E-state index contributed by atoms with van der Waals surface area (Å²) in [5.74, 6) is -2.76. The van der Waals surface area contributed by atoms with Crippen LogP contribution in [0.2, 0.25) is 0 Å². The van der Waals surface area contributed by atoms with Crippen molar-refractivity contribution in [2.75, 3.05) is 6.54 Å². The number of primary amides is 1. The molecule has 3 fully saturated rings. The van der Waals surface area contributed by atoms with Crippen molar-refractivity contribution in [2.24, 2.45) is 29.4 Å². The first-order valence-electron chi connectivity index (χ1n) is 18.3. The van der Waals surface area contributed by atoms with Gasteiger partial charge in [-0.1, -0.05) is 89.6 Å². The van der Waals surface area contributed by atoms with E-state index in [0.717, 1.165) is 56.9 Å². The first kappa shape index (κ1) is 38.3. The van der Waals surface area contributed by atoms with Gasteiger partial charge in [0, 0.05) is 6.54 Å². The molecule has 1 saturated heterocycles. The topological polar surface area (TPSA) is 180 Å². The summed E-state index contributed by atoms with van der Waals surface area (Å²) in [5, 5.41) is 19.5. The first-order valence-corrected chi connectivity index (χ1v) is 18.3. The molecule has 0 aromatic heterocycles. The van der Waals surface area contributed by atoms with Gasteiger partial charge in [-0.2, -0.15) is 0 Å². The molecule has 1 heterocycles. The van der Waals surface area contributed by atoms with Gasteiger partial charge < -0.3 is 36.4 Å². The number of carbonyl (C=O) groups excluding carboxylic acids is 5. The zero-order valence-corrected chi connectivity index (χ0v) is 29.6. The van der Waals surface area contributed by atoms with E-state index in [2.05, 4.69) is 16.0 Å². The lowest BCUT2D eigenvalue weighted by atomic mass is 9.80. The summed E-state index contributed by atoms with van der Waals surface area (Å²) >= 11 is 0. The lowest BCUT2D eigenvalue weighted by Crippen LogP contribution is -2.61. The van der Waals surface area contributed by atoms with E-state index in [-0.39, 0.29) is 29.6 Å². The quantitative estimate of drug-likeness (QED) is 0.130. The fourth-order valence-electron chi connectivity index (χ4n) is 7.68. The standard InChI is InChI=1S/C37H57N5O7/c1-5-28(36(47)49-23(4)25-15-8-6-9-16-25)40-37(48)41-30(26-17-10-7-11-18-26)35(46)42-20-19-27(22(2)3)31(42)34(45)39-29(32(43)33(38)44)21-24-13-12-14-24/h6,8-9,15-16,22-24,26-31,36,47H,5,7,10-14,17-21H2,1-4H3,(H2,38,44)(H,39,45)(H2,40,41,48)/t23-,27+,28-,29?,30-,31-,36?/m0/s1. The van der Waals surface area contributed by atoms with Gasteiger partial charge in [0.25, 0.3) is 5.91 Å². The summed E-state index contributed by atoms with van der Waals surface area (Å²) in [6, 6.07) is 5.34. The second-order valence-corrected chi connectivity index (χ2v) is 14.6. The smallest absolute Gasteiger partial charge is 0.315 e. The highest BCUT2D eigenvalue weighted by molar-refractivity contribution is 6.37. The Morgan fingerprint density at radius 3 is 2.16 bits per heavy atom. The van der Waals surface area contributed by atoms with E-state index in [9.17, 15) is 29.1 Å². The number of ether oxygens (including phenoxy) is 1. The summed E-state index contributed by atoms with van der Waals surface area (Å²) < 4.78 is 5.85. The number of hydrogen-bond acceptors (Lipinski definition) is 7. The van der Waals surface area contributed by atoms with Crippen LogP contribution in [0, 0.1) is 23.7 Å². The molecular weight excluding hydrogens is 626 g/mol. The highest BCUT2D eigenvalue weighted by Gasteiger charge is 2.47. The summed E-state index contributed by atoms with van der Waals surface area (Å²) in [6.07, 6.45) is 6.90. The zero-order chi connectivity index (χ0) is 35.7. The summed E-state index contributed by atoms with van der Waals surface area (Å²) in [7, 11) is 0. The maximum Gasteiger partial charge on any atom is 0.315 e. The molecule has 272 valence electrons. The maximum absolute atomic E-state index is 14.5. The third-order valence-electron chi connectivity index (χ3n) is 10.9. The Labute approximate surface area is 290 Å². The van der Waals surface area contributed by atoms with Gasteiger partial charge in [0.05, 0.1) is 18.2 Å².